The van der Waals surface area contributed by atoms with Crippen LogP contribution in [0.1, 0.15) is 20.3 Å². The van der Waals surface area contributed by atoms with E-state index in [0.29, 0.717) is 0 Å². The molecule has 6 heteroatoms. The SMILES string of the molecule is CCCN=C(NCC)N1CCN(c2ccc(F)cc2)CC1.I. The molecule has 0 spiro atoms. The molecule has 0 saturated carbocycles. The van der Waals surface area contributed by atoms with Crippen molar-refractivity contribution in [3.63, 3.8) is 0 Å². The van der Waals surface area contributed by atoms with Crippen LogP contribution in [-0.4, -0.2) is 50.1 Å². The van der Waals surface area contributed by atoms with Crippen molar-refractivity contribution in [3.05, 3.63) is 30.1 Å². The van der Waals surface area contributed by atoms with Crippen molar-refractivity contribution in [1.29, 1.82) is 0 Å². The number of guanidine groups is 1. The van der Waals surface area contributed by atoms with Crippen LogP contribution in [-0.2, 0) is 0 Å². The van der Waals surface area contributed by atoms with Crippen LogP contribution in [0, 0.1) is 5.82 Å². The fraction of sp³-hybridized carbons (Fsp3) is 0.562. The number of hydrogen-bond donors (Lipinski definition) is 1. The van der Waals surface area contributed by atoms with Gasteiger partial charge in [-0.2, -0.15) is 0 Å². The standard InChI is InChI=1S/C16H25FN4.HI/c1-3-9-19-16(18-4-2)21-12-10-20(11-13-21)15-7-5-14(17)6-8-15;/h5-8H,3-4,9-13H2,1-2H3,(H,18,19);1H. The Hall–Kier alpha value is -1.05. The Labute approximate surface area is 149 Å². The first-order valence-corrected chi connectivity index (χ1v) is 7.78. The van der Waals surface area contributed by atoms with Gasteiger partial charge in [0.25, 0.3) is 0 Å². The van der Waals surface area contributed by atoms with Crippen LogP contribution in [0.2, 0.25) is 0 Å². The van der Waals surface area contributed by atoms with Crippen molar-refractivity contribution in [3.8, 4) is 0 Å². The van der Waals surface area contributed by atoms with E-state index in [2.05, 4.69) is 34.0 Å². The van der Waals surface area contributed by atoms with Gasteiger partial charge in [0, 0.05) is 45.0 Å². The molecule has 0 aliphatic carbocycles. The second kappa shape index (κ2) is 9.86. The first kappa shape index (κ1) is 19.0. The van der Waals surface area contributed by atoms with Gasteiger partial charge in [0.05, 0.1) is 0 Å². The minimum absolute atomic E-state index is 0. The normalized spacial score (nSPS) is 15.5. The second-order valence-electron chi connectivity index (χ2n) is 5.19. The highest BCUT2D eigenvalue weighted by atomic mass is 127. The number of anilines is 1. The van der Waals surface area contributed by atoms with Crippen LogP contribution in [0.5, 0.6) is 0 Å². The topological polar surface area (TPSA) is 30.9 Å². The lowest BCUT2D eigenvalue weighted by Crippen LogP contribution is -2.52. The van der Waals surface area contributed by atoms with Crippen LogP contribution >= 0.6 is 24.0 Å². The summed E-state index contributed by atoms with van der Waals surface area (Å²) in [6.45, 7) is 9.72. The van der Waals surface area contributed by atoms with Gasteiger partial charge < -0.3 is 15.1 Å². The van der Waals surface area contributed by atoms with Crippen LogP contribution < -0.4 is 10.2 Å². The average Bonchev–Trinajstić information content (AvgIpc) is 2.52. The van der Waals surface area contributed by atoms with Crippen LogP contribution in [0.25, 0.3) is 0 Å². The molecule has 1 aromatic carbocycles. The van der Waals surface area contributed by atoms with Gasteiger partial charge in [-0.1, -0.05) is 6.92 Å². The summed E-state index contributed by atoms with van der Waals surface area (Å²) in [5, 5.41) is 3.36. The molecule has 0 aromatic heterocycles. The average molecular weight is 420 g/mol. The molecule has 1 aliphatic rings. The lowest BCUT2D eigenvalue weighted by Gasteiger charge is -2.37. The largest absolute Gasteiger partial charge is 0.368 e. The maximum Gasteiger partial charge on any atom is 0.194 e. The van der Waals surface area contributed by atoms with Crippen LogP contribution in [0.15, 0.2) is 29.3 Å². The van der Waals surface area contributed by atoms with E-state index in [1.165, 1.54) is 12.1 Å². The maximum atomic E-state index is 13.0. The summed E-state index contributed by atoms with van der Waals surface area (Å²) in [6, 6.07) is 6.74. The summed E-state index contributed by atoms with van der Waals surface area (Å²) in [6.07, 6.45) is 1.06. The van der Waals surface area contributed by atoms with Crippen molar-refractivity contribution >= 4 is 35.6 Å². The molecule has 1 aliphatic heterocycles. The third-order valence-corrected chi connectivity index (χ3v) is 3.59. The molecule has 4 nitrogen and oxygen atoms in total. The number of piperazine rings is 1. The second-order valence-corrected chi connectivity index (χ2v) is 5.19. The van der Waals surface area contributed by atoms with Crippen LogP contribution in [0.4, 0.5) is 10.1 Å². The monoisotopic (exact) mass is 420 g/mol. The summed E-state index contributed by atoms with van der Waals surface area (Å²) in [4.78, 5) is 9.22. The Bertz CT molecular complexity index is 456. The summed E-state index contributed by atoms with van der Waals surface area (Å²) in [5.74, 6) is 0.830. The third kappa shape index (κ3) is 5.30. The van der Waals surface area contributed by atoms with E-state index < -0.39 is 0 Å². The number of aliphatic imine (C=N–C) groups is 1. The van der Waals surface area contributed by atoms with Gasteiger partial charge in [-0.25, -0.2) is 4.39 Å². The molecule has 0 amide bonds. The first-order chi connectivity index (χ1) is 10.2. The first-order valence-electron chi connectivity index (χ1n) is 7.78. The highest BCUT2D eigenvalue weighted by Crippen LogP contribution is 2.16. The summed E-state index contributed by atoms with van der Waals surface area (Å²) < 4.78 is 13.0. The smallest absolute Gasteiger partial charge is 0.194 e. The number of benzene rings is 1. The van der Waals surface area contributed by atoms with Crippen molar-refractivity contribution < 1.29 is 4.39 Å². The molecule has 124 valence electrons. The van der Waals surface area contributed by atoms with Crippen LogP contribution in [0.3, 0.4) is 0 Å². The van der Waals surface area contributed by atoms with Gasteiger partial charge >= 0.3 is 0 Å². The molecular formula is C16H26FIN4. The number of nitrogens with one attached hydrogen (secondary N) is 1. The number of rotatable bonds is 4. The predicted molar refractivity (Wildman–Crippen MR) is 102 cm³/mol. The molecule has 0 radical (unpaired) electrons. The zero-order valence-corrected chi connectivity index (χ0v) is 15.7. The molecule has 1 N–H and O–H groups in total. The highest BCUT2D eigenvalue weighted by molar-refractivity contribution is 14.0. The minimum Gasteiger partial charge on any atom is -0.368 e. The van der Waals surface area contributed by atoms with E-state index in [1.54, 1.807) is 0 Å². The molecule has 1 saturated heterocycles. The third-order valence-electron chi connectivity index (χ3n) is 3.59. The molecule has 1 aromatic rings. The van der Waals surface area contributed by atoms with Gasteiger partial charge in [-0.05, 0) is 37.6 Å². The fourth-order valence-corrected chi connectivity index (χ4v) is 2.47. The maximum absolute atomic E-state index is 13.0. The van der Waals surface area contributed by atoms with E-state index in [0.717, 1.165) is 57.3 Å². The Morgan fingerprint density at radius 3 is 2.32 bits per heavy atom. The molecular weight excluding hydrogens is 394 g/mol. The van der Waals surface area contributed by atoms with Crippen molar-refractivity contribution in [2.75, 3.05) is 44.2 Å². The lowest BCUT2D eigenvalue weighted by molar-refractivity contribution is 0.372. The van der Waals surface area contributed by atoms with E-state index in [4.69, 9.17) is 0 Å². The quantitative estimate of drug-likeness (QED) is 0.462. The van der Waals surface area contributed by atoms with Crippen molar-refractivity contribution in [2.24, 2.45) is 4.99 Å². The van der Waals surface area contributed by atoms with E-state index in [9.17, 15) is 4.39 Å². The predicted octanol–water partition coefficient (Wildman–Crippen LogP) is 2.94. The highest BCUT2D eigenvalue weighted by Gasteiger charge is 2.19. The van der Waals surface area contributed by atoms with E-state index in [1.807, 2.05) is 12.1 Å². The van der Waals surface area contributed by atoms with E-state index in [-0.39, 0.29) is 29.8 Å². The Balaban J connectivity index is 0.00000242. The molecule has 0 bridgehead atoms. The minimum atomic E-state index is -0.182. The number of hydrogen-bond acceptors (Lipinski definition) is 2. The van der Waals surface area contributed by atoms with Gasteiger partial charge in [-0.3, -0.25) is 4.99 Å². The summed E-state index contributed by atoms with van der Waals surface area (Å²) >= 11 is 0. The Morgan fingerprint density at radius 1 is 1.14 bits per heavy atom. The molecule has 1 fully saturated rings. The Kier molecular flexibility index (Phi) is 8.52. The lowest BCUT2D eigenvalue weighted by atomic mass is 10.2. The molecule has 0 unspecified atom stereocenters. The molecule has 2 rings (SSSR count). The molecule has 1 heterocycles. The van der Waals surface area contributed by atoms with E-state index >= 15 is 0 Å². The van der Waals surface area contributed by atoms with Gasteiger partial charge in [0.15, 0.2) is 5.96 Å². The van der Waals surface area contributed by atoms with Crippen molar-refractivity contribution in [1.82, 2.24) is 10.2 Å². The molecule has 0 atom stereocenters. The fourth-order valence-electron chi connectivity index (χ4n) is 2.47. The summed E-state index contributed by atoms with van der Waals surface area (Å²) in [5.41, 5.74) is 1.09. The Morgan fingerprint density at radius 2 is 1.77 bits per heavy atom. The molecule has 22 heavy (non-hydrogen) atoms. The van der Waals surface area contributed by atoms with Gasteiger partial charge in [-0.15, -0.1) is 24.0 Å². The zero-order valence-electron chi connectivity index (χ0n) is 13.4. The van der Waals surface area contributed by atoms with Gasteiger partial charge in [0.1, 0.15) is 5.82 Å². The number of halogens is 2. The zero-order chi connectivity index (χ0) is 15.1. The van der Waals surface area contributed by atoms with Gasteiger partial charge in [0.2, 0.25) is 0 Å². The van der Waals surface area contributed by atoms with Crippen molar-refractivity contribution in [2.45, 2.75) is 20.3 Å². The number of nitrogens with zero attached hydrogens (tertiary/aromatic N) is 3. The summed E-state index contributed by atoms with van der Waals surface area (Å²) in [7, 11) is 0.